The van der Waals surface area contributed by atoms with Gasteiger partial charge in [-0.1, -0.05) is 32.1 Å². The topological polar surface area (TPSA) is 82.4 Å². The van der Waals surface area contributed by atoms with Crippen LogP contribution in [-0.4, -0.2) is 35.7 Å². The summed E-state index contributed by atoms with van der Waals surface area (Å²) in [6.07, 6.45) is 6.16. The van der Waals surface area contributed by atoms with E-state index in [9.17, 15) is 9.59 Å². The summed E-state index contributed by atoms with van der Waals surface area (Å²) in [4.78, 5) is 25.3. The number of carbonyl (C=O) groups is 2. The summed E-state index contributed by atoms with van der Waals surface area (Å²) in [5.41, 5.74) is -0.657. The third kappa shape index (κ3) is 6.79. The quantitative estimate of drug-likeness (QED) is 0.806. The third-order valence-electron chi connectivity index (χ3n) is 3.66. The fraction of sp³-hybridized carbons (Fsp3) is 0.812. The van der Waals surface area contributed by atoms with Crippen LogP contribution < -0.4 is 5.32 Å². The SMILES string of the molecule is CC(C)(C)OC(=O)N(CCC1CCCCC1)C(=O)NCC#N. The predicted molar refractivity (Wildman–Crippen MR) is 83.1 cm³/mol. The second-order valence-corrected chi connectivity index (χ2v) is 6.74. The van der Waals surface area contributed by atoms with Crippen molar-refractivity contribution in [3.05, 3.63) is 0 Å². The number of carbonyl (C=O) groups excluding carboxylic acids is 2. The molecule has 22 heavy (non-hydrogen) atoms. The Bertz CT molecular complexity index is 417. The molecule has 1 saturated carbocycles. The summed E-state index contributed by atoms with van der Waals surface area (Å²) < 4.78 is 5.28. The van der Waals surface area contributed by atoms with Crippen molar-refractivity contribution in [1.82, 2.24) is 10.2 Å². The van der Waals surface area contributed by atoms with Crippen LogP contribution in [0, 0.1) is 17.2 Å². The van der Waals surface area contributed by atoms with Gasteiger partial charge in [-0.05, 0) is 33.1 Å². The van der Waals surface area contributed by atoms with Crippen molar-refractivity contribution in [2.75, 3.05) is 13.1 Å². The highest BCUT2D eigenvalue weighted by atomic mass is 16.6. The summed E-state index contributed by atoms with van der Waals surface area (Å²) in [6.45, 7) is 5.49. The zero-order valence-corrected chi connectivity index (χ0v) is 13.9. The molecule has 124 valence electrons. The van der Waals surface area contributed by atoms with E-state index in [0.717, 1.165) is 24.2 Å². The maximum Gasteiger partial charge on any atom is 0.418 e. The molecule has 0 spiro atoms. The van der Waals surface area contributed by atoms with Gasteiger partial charge in [-0.15, -0.1) is 0 Å². The highest BCUT2D eigenvalue weighted by Gasteiger charge is 2.28. The lowest BCUT2D eigenvalue weighted by atomic mass is 9.87. The van der Waals surface area contributed by atoms with Gasteiger partial charge in [-0.2, -0.15) is 5.26 Å². The number of hydrogen-bond donors (Lipinski definition) is 1. The highest BCUT2D eigenvalue weighted by molar-refractivity contribution is 5.91. The van der Waals surface area contributed by atoms with Crippen molar-refractivity contribution in [2.24, 2.45) is 5.92 Å². The van der Waals surface area contributed by atoms with Crippen LogP contribution in [-0.2, 0) is 4.74 Å². The van der Waals surface area contributed by atoms with Crippen LogP contribution in [0.3, 0.4) is 0 Å². The molecule has 0 aromatic heterocycles. The summed E-state index contributed by atoms with van der Waals surface area (Å²) >= 11 is 0. The van der Waals surface area contributed by atoms with Crippen LogP contribution in [0.2, 0.25) is 0 Å². The Hall–Kier alpha value is -1.77. The number of amides is 3. The molecule has 1 aliphatic rings. The lowest BCUT2D eigenvalue weighted by molar-refractivity contribution is 0.0311. The molecular weight excluding hydrogens is 282 g/mol. The molecule has 0 saturated heterocycles. The maximum absolute atomic E-state index is 12.2. The van der Waals surface area contributed by atoms with Crippen molar-refractivity contribution in [2.45, 2.75) is 64.9 Å². The molecular formula is C16H27N3O3. The Kier molecular flexibility index (Phi) is 7.16. The Morgan fingerprint density at radius 2 is 1.91 bits per heavy atom. The molecule has 0 aliphatic heterocycles. The van der Waals surface area contributed by atoms with Gasteiger partial charge in [0.1, 0.15) is 12.1 Å². The molecule has 0 unspecified atom stereocenters. The molecule has 6 heteroatoms. The van der Waals surface area contributed by atoms with E-state index in [1.807, 2.05) is 6.07 Å². The Morgan fingerprint density at radius 3 is 2.45 bits per heavy atom. The van der Waals surface area contributed by atoms with Crippen LogP contribution in [0.15, 0.2) is 0 Å². The third-order valence-corrected chi connectivity index (χ3v) is 3.66. The predicted octanol–water partition coefficient (Wildman–Crippen LogP) is 3.43. The first-order valence-electron chi connectivity index (χ1n) is 7.99. The van der Waals surface area contributed by atoms with Crippen LogP contribution in [0.4, 0.5) is 9.59 Å². The summed E-state index contributed by atoms with van der Waals surface area (Å²) in [7, 11) is 0. The number of nitrogens with one attached hydrogen (secondary N) is 1. The first-order chi connectivity index (χ1) is 10.3. The molecule has 1 N–H and O–H groups in total. The first-order valence-corrected chi connectivity index (χ1v) is 7.99. The van der Waals surface area contributed by atoms with Gasteiger partial charge in [-0.25, -0.2) is 14.5 Å². The monoisotopic (exact) mass is 309 g/mol. The van der Waals surface area contributed by atoms with Crippen molar-refractivity contribution in [3.63, 3.8) is 0 Å². The molecule has 1 rings (SSSR count). The van der Waals surface area contributed by atoms with Crippen LogP contribution in [0.25, 0.3) is 0 Å². The largest absolute Gasteiger partial charge is 0.443 e. The standard InChI is InChI=1S/C16H27N3O3/c1-16(2,3)22-15(21)19(14(20)18-11-10-17)12-9-13-7-5-4-6-8-13/h13H,4-9,11-12H2,1-3H3,(H,18,20). The number of nitrogens with zero attached hydrogens (tertiary/aromatic N) is 2. The number of ether oxygens (including phenoxy) is 1. The zero-order chi connectivity index (χ0) is 16.6. The number of rotatable bonds is 4. The van der Waals surface area contributed by atoms with Gasteiger partial charge < -0.3 is 10.1 Å². The van der Waals surface area contributed by atoms with E-state index in [0.29, 0.717) is 12.5 Å². The fourth-order valence-corrected chi connectivity index (χ4v) is 2.59. The molecule has 0 aromatic rings. The normalized spacial score (nSPS) is 15.7. The number of urea groups is 1. The molecule has 0 aromatic carbocycles. The van der Waals surface area contributed by atoms with Gasteiger partial charge in [0.05, 0.1) is 6.07 Å². The van der Waals surface area contributed by atoms with E-state index >= 15 is 0 Å². The van der Waals surface area contributed by atoms with Crippen LogP contribution in [0.5, 0.6) is 0 Å². The molecule has 0 heterocycles. The average Bonchev–Trinajstić information content (AvgIpc) is 2.44. The van der Waals surface area contributed by atoms with Crippen molar-refractivity contribution >= 4 is 12.1 Å². The maximum atomic E-state index is 12.2. The minimum absolute atomic E-state index is 0.123. The fourth-order valence-electron chi connectivity index (χ4n) is 2.59. The van der Waals surface area contributed by atoms with E-state index in [4.69, 9.17) is 10.00 Å². The minimum Gasteiger partial charge on any atom is -0.443 e. The van der Waals surface area contributed by atoms with Gasteiger partial charge in [0.2, 0.25) is 0 Å². The van der Waals surface area contributed by atoms with E-state index in [1.54, 1.807) is 20.8 Å². The lowest BCUT2D eigenvalue weighted by Gasteiger charge is -2.28. The van der Waals surface area contributed by atoms with E-state index in [1.165, 1.54) is 19.3 Å². The van der Waals surface area contributed by atoms with Crippen molar-refractivity contribution < 1.29 is 14.3 Å². The Morgan fingerprint density at radius 1 is 1.27 bits per heavy atom. The molecule has 1 fully saturated rings. The van der Waals surface area contributed by atoms with Gasteiger partial charge >= 0.3 is 12.1 Å². The molecule has 0 radical (unpaired) electrons. The second kappa shape index (κ2) is 8.62. The second-order valence-electron chi connectivity index (χ2n) is 6.74. The molecule has 3 amide bonds. The highest BCUT2D eigenvalue weighted by Crippen LogP contribution is 2.26. The molecule has 6 nitrogen and oxygen atoms in total. The molecule has 0 atom stereocenters. The van der Waals surface area contributed by atoms with Gasteiger partial charge in [0, 0.05) is 6.54 Å². The van der Waals surface area contributed by atoms with Gasteiger partial charge in [0.15, 0.2) is 0 Å². The Balaban J connectivity index is 2.62. The van der Waals surface area contributed by atoms with Crippen LogP contribution in [0.1, 0.15) is 59.3 Å². The smallest absolute Gasteiger partial charge is 0.418 e. The van der Waals surface area contributed by atoms with E-state index in [-0.39, 0.29) is 6.54 Å². The van der Waals surface area contributed by atoms with Crippen molar-refractivity contribution in [1.29, 1.82) is 5.26 Å². The molecule has 0 bridgehead atoms. The average molecular weight is 309 g/mol. The zero-order valence-electron chi connectivity index (χ0n) is 13.9. The first kappa shape index (κ1) is 18.3. The van der Waals surface area contributed by atoms with Gasteiger partial charge in [-0.3, -0.25) is 0 Å². The van der Waals surface area contributed by atoms with E-state index in [2.05, 4.69) is 5.32 Å². The van der Waals surface area contributed by atoms with Crippen molar-refractivity contribution in [3.8, 4) is 6.07 Å². The number of hydrogen-bond acceptors (Lipinski definition) is 4. The summed E-state index contributed by atoms with van der Waals surface area (Å²) in [5.74, 6) is 0.558. The molecule has 1 aliphatic carbocycles. The summed E-state index contributed by atoms with van der Waals surface area (Å²) in [5, 5.41) is 11.0. The number of nitriles is 1. The lowest BCUT2D eigenvalue weighted by Crippen LogP contribution is -2.47. The van der Waals surface area contributed by atoms with E-state index < -0.39 is 17.7 Å². The summed E-state index contributed by atoms with van der Waals surface area (Å²) in [6, 6.07) is 1.27. The van der Waals surface area contributed by atoms with Crippen LogP contribution >= 0.6 is 0 Å². The number of imide groups is 1. The van der Waals surface area contributed by atoms with Gasteiger partial charge in [0.25, 0.3) is 0 Å². The minimum atomic E-state index is -0.657. The Labute approximate surface area is 132 Å².